The molecule has 0 saturated heterocycles. The fraction of sp³-hybridized carbons (Fsp3) is 0.389. The van der Waals surface area contributed by atoms with E-state index in [-0.39, 0.29) is 6.04 Å². The molecule has 2 rings (SSSR count). The summed E-state index contributed by atoms with van der Waals surface area (Å²) < 4.78 is 1.83. The van der Waals surface area contributed by atoms with Gasteiger partial charge in [-0.1, -0.05) is 18.2 Å². The van der Waals surface area contributed by atoms with Crippen LogP contribution in [0.2, 0.25) is 0 Å². The van der Waals surface area contributed by atoms with E-state index in [1.807, 2.05) is 62.7 Å². The van der Waals surface area contributed by atoms with Crippen LogP contribution < -0.4 is 16.0 Å². The quantitative estimate of drug-likeness (QED) is 0.778. The molecule has 1 aromatic heterocycles. The first-order valence-corrected chi connectivity index (χ1v) is 8.29. The molecule has 0 aliphatic rings. The Bertz CT molecular complexity index is 752. The number of hydrogen-bond donors (Lipinski definition) is 3. The van der Waals surface area contributed by atoms with Crippen LogP contribution >= 0.6 is 0 Å². The van der Waals surface area contributed by atoms with Crippen molar-refractivity contribution in [2.24, 2.45) is 0 Å². The third-order valence-corrected chi connectivity index (χ3v) is 3.70. The predicted molar refractivity (Wildman–Crippen MR) is 97.9 cm³/mol. The van der Waals surface area contributed by atoms with Crippen molar-refractivity contribution in [2.75, 3.05) is 5.32 Å². The molecule has 0 fully saturated rings. The molecule has 25 heavy (non-hydrogen) atoms. The first-order chi connectivity index (χ1) is 11.8. The van der Waals surface area contributed by atoms with Crippen LogP contribution in [-0.4, -0.2) is 33.8 Å². The Hall–Kier alpha value is -2.83. The number of anilines is 1. The number of hydrogen-bond acceptors (Lipinski definition) is 4. The van der Waals surface area contributed by atoms with Crippen LogP contribution in [0.15, 0.2) is 30.3 Å². The minimum atomic E-state index is -0.580. The Morgan fingerprint density at radius 3 is 2.32 bits per heavy atom. The average Bonchev–Trinajstić information content (AvgIpc) is 2.82. The van der Waals surface area contributed by atoms with E-state index < -0.39 is 18.0 Å². The number of nitrogens with one attached hydrogen (secondary N) is 3. The number of imide groups is 1. The number of amides is 3. The van der Waals surface area contributed by atoms with E-state index in [0.717, 1.165) is 22.8 Å². The first kappa shape index (κ1) is 18.5. The standard InChI is InChI=1S/C18H25N5O2/c1-11(2)19-18(25)21-17(24)13(4)20-16-12(3)22-23(14(16)5)15-9-7-6-8-10-15/h6-11,13,20H,1-5H3,(H2,19,21,24,25). The molecule has 0 aliphatic heterocycles. The zero-order valence-corrected chi connectivity index (χ0v) is 15.3. The van der Waals surface area contributed by atoms with Gasteiger partial charge >= 0.3 is 6.03 Å². The summed E-state index contributed by atoms with van der Waals surface area (Å²) in [4.78, 5) is 23.8. The van der Waals surface area contributed by atoms with Crippen LogP contribution in [0.25, 0.3) is 5.69 Å². The SMILES string of the molecule is Cc1nn(-c2ccccc2)c(C)c1NC(C)C(=O)NC(=O)NC(C)C. The highest BCUT2D eigenvalue weighted by atomic mass is 16.2. The lowest BCUT2D eigenvalue weighted by molar-refractivity contribution is -0.120. The highest BCUT2D eigenvalue weighted by Gasteiger charge is 2.20. The number of carbonyl (C=O) groups is 2. The number of nitrogens with zero attached hydrogens (tertiary/aromatic N) is 2. The van der Waals surface area contributed by atoms with E-state index >= 15 is 0 Å². The molecule has 0 aliphatic carbocycles. The second kappa shape index (κ2) is 7.83. The Morgan fingerprint density at radius 2 is 1.72 bits per heavy atom. The third kappa shape index (κ3) is 4.59. The Kier molecular flexibility index (Phi) is 5.80. The van der Waals surface area contributed by atoms with Crippen LogP contribution in [0, 0.1) is 13.8 Å². The lowest BCUT2D eigenvalue weighted by atomic mass is 10.2. The fourth-order valence-corrected chi connectivity index (χ4v) is 2.47. The second-order valence-electron chi connectivity index (χ2n) is 6.28. The minimum Gasteiger partial charge on any atom is -0.371 e. The van der Waals surface area contributed by atoms with Crippen molar-refractivity contribution in [3.05, 3.63) is 41.7 Å². The topological polar surface area (TPSA) is 88.1 Å². The Labute approximate surface area is 147 Å². The smallest absolute Gasteiger partial charge is 0.321 e. The number of benzene rings is 1. The number of urea groups is 1. The Balaban J connectivity index is 2.11. The largest absolute Gasteiger partial charge is 0.371 e. The molecule has 134 valence electrons. The number of aromatic nitrogens is 2. The number of para-hydroxylation sites is 1. The van der Waals surface area contributed by atoms with Gasteiger partial charge in [0.1, 0.15) is 6.04 Å². The molecule has 1 heterocycles. The van der Waals surface area contributed by atoms with Crippen LogP contribution in [0.3, 0.4) is 0 Å². The van der Waals surface area contributed by atoms with Crippen molar-refractivity contribution >= 4 is 17.6 Å². The molecule has 3 N–H and O–H groups in total. The van der Waals surface area contributed by atoms with E-state index in [2.05, 4.69) is 21.0 Å². The van der Waals surface area contributed by atoms with Gasteiger partial charge in [0.2, 0.25) is 5.91 Å². The van der Waals surface area contributed by atoms with E-state index in [0.29, 0.717) is 0 Å². The predicted octanol–water partition coefficient (Wildman–Crippen LogP) is 2.52. The van der Waals surface area contributed by atoms with Crippen molar-refractivity contribution in [3.8, 4) is 5.69 Å². The number of rotatable bonds is 5. The molecule has 1 atom stereocenters. The molecule has 7 nitrogen and oxygen atoms in total. The van der Waals surface area contributed by atoms with E-state index in [9.17, 15) is 9.59 Å². The second-order valence-corrected chi connectivity index (χ2v) is 6.28. The highest BCUT2D eigenvalue weighted by molar-refractivity contribution is 5.98. The first-order valence-electron chi connectivity index (χ1n) is 8.29. The van der Waals surface area contributed by atoms with Crippen LogP contribution in [0.5, 0.6) is 0 Å². The maximum atomic E-state index is 12.2. The molecular formula is C18H25N5O2. The van der Waals surface area contributed by atoms with Crippen LogP contribution in [-0.2, 0) is 4.79 Å². The molecule has 1 unspecified atom stereocenters. The lowest BCUT2D eigenvalue weighted by Gasteiger charge is -2.16. The molecule has 0 bridgehead atoms. The highest BCUT2D eigenvalue weighted by Crippen LogP contribution is 2.23. The summed E-state index contributed by atoms with van der Waals surface area (Å²) in [6.45, 7) is 9.18. The zero-order valence-electron chi connectivity index (χ0n) is 15.3. The van der Waals surface area contributed by atoms with Crippen LogP contribution in [0.1, 0.15) is 32.2 Å². The van der Waals surface area contributed by atoms with E-state index in [4.69, 9.17) is 0 Å². The van der Waals surface area contributed by atoms with Gasteiger partial charge in [0.15, 0.2) is 0 Å². The van der Waals surface area contributed by atoms with Crippen molar-refractivity contribution < 1.29 is 9.59 Å². The summed E-state index contributed by atoms with van der Waals surface area (Å²) >= 11 is 0. The number of carbonyl (C=O) groups excluding carboxylic acids is 2. The summed E-state index contributed by atoms with van der Waals surface area (Å²) in [5, 5.41) is 12.6. The molecule has 0 spiro atoms. The Morgan fingerprint density at radius 1 is 1.08 bits per heavy atom. The van der Waals surface area contributed by atoms with Crippen LogP contribution in [0.4, 0.5) is 10.5 Å². The van der Waals surface area contributed by atoms with Gasteiger partial charge < -0.3 is 10.6 Å². The molecule has 0 saturated carbocycles. The van der Waals surface area contributed by atoms with Crippen molar-refractivity contribution in [1.82, 2.24) is 20.4 Å². The molecule has 3 amide bonds. The lowest BCUT2D eigenvalue weighted by Crippen LogP contribution is -2.47. The minimum absolute atomic E-state index is 0.0374. The van der Waals surface area contributed by atoms with Gasteiger partial charge in [0.25, 0.3) is 0 Å². The number of aryl methyl sites for hydroxylation is 1. The summed E-state index contributed by atoms with van der Waals surface area (Å²) in [6.07, 6.45) is 0. The van der Waals surface area contributed by atoms with Crippen molar-refractivity contribution in [1.29, 1.82) is 0 Å². The summed E-state index contributed by atoms with van der Waals surface area (Å²) in [5.41, 5.74) is 3.42. The normalized spacial score (nSPS) is 11.9. The van der Waals surface area contributed by atoms with Gasteiger partial charge in [-0.25, -0.2) is 9.48 Å². The summed E-state index contributed by atoms with van der Waals surface area (Å²) in [6, 6.07) is 8.66. The third-order valence-electron chi connectivity index (χ3n) is 3.70. The molecule has 7 heteroatoms. The maximum absolute atomic E-state index is 12.2. The van der Waals surface area contributed by atoms with Crippen molar-refractivity contribution in [3.63, 3.8) is 0 Å². The van der Waals surface area contributed by atoms with Gasteiger partial charge in [-0.05, 0) is 46.8 Å². The molecular weight excluding hydrogens is 318 g/mol. The van der Waals surface area contributed by atoms with E-state index in [1.165, 1.54) is 0 Å². The van der Waals surface area contributed by atoms with E-state index in [1.54, 1.807) is 6.92 Å². The van der Waals surface area contributed by atoms with Gasteiger partial charge in [-0.3, -0.25) is 10.1 Å². The van der Waals surface area contributed by atoms with Gasteiger partial charge in [-0.2, -0.15) is 5.10 Å². The summed E-state index contributed by atoms with van der Waals surface area (Å²) in [7, 11) is 0. The fourth-order valence-electron chi connectivity index (χ4n) is 2.47. The molecule has 2 aromatic rings. The van der Waals surface area contributed by atoms with Crippen molar-refractivity contribution in [2.45, 2.75) is 46.7 Å². The van der Waals surface area contributed by atoms with Gasteiger partial charge in [0, 0.05) is 6.04 Å². The average molecular weight is 343 g/mol. The van der Waals surface area contributed by atoms with Gasteiger partial charge in [0.05, 0.1) is 22.8 Å². The summed E-state index contributed by atoms with van der Waals surface area (Å²) in [5.74, 6) is -0.399. The molecule has 0 radical (unpaired) electrons. The zero-order chi connectivity index (χ0) is 18.6. The monoisotopic (exact) mass is 343 g/mol. The maximum Gasteiger partial charge on any atom is 0.321 e. The van der Waals surface area contributed by atoms with Gasteiger partial charge in [-0.15, -0.1) is 0 Å². The molecule has 1 aromatic carbocycles.